The molecule has 1 aliphatic heterocycles. The number of anilines is 1. The van der Waals surface area contributed by atoms with Crippen molar-refractivity contribution < 1.29 is 18.0 Å². The number of carbonyl (C=O) groups is 1. The van der Waals surface area contributed by atoms with Crippen molar-refractivity contribution in [1.29, 1.82) is 0 Å². The first-order chi connectivity index (χ1) is 9.35. The monoisotopic (exact) mass is 288 g/mol. The van der Waals surface area contributed by atoms with Gasteiger partial charge in [0.05, 0.1) is 6.54 Å². The van der Waals surface area contributed by atoms with Crippen molar-refractivity contribution in [3.05, 3.63) is 24.0 Å². The summed E-state index contributed by atoms with van der Waals surface area (Å²) in [6.45, 7) is -0.0243. The van der Waals surface area contributed by atoms with Crippen molar-refractivity contribution >= 4 is 11.6 Å². The summed E-state index contributed by atoms with van der Waals surface area (Å²) in [4.78, 5) is 18.8. The predicted octanol–water partition coefficient (Wildman–Crippen LogP) is 0.984. The van der Waals surface area contributed by atoms with Crippen LogP contribution in [0.2, 0.25) is 0 Å². The molecular weight excluding hydrogens is 273 g/mol. The van der Waals surface area contributed by atoms with Crippen molar-refractivity contribution in [1.82, 2.24) is 14.8 Å². The molecule has 1 saturated heterocycles. The van der Waals surface area contributed by atoms with Crippen LogP contribution in [0.4, 0.5) is 18.9 Å². The first kappa shape index (κ1) is 14.6. The summed E-state index contributed by atoms with van der Waals surface area (Å²) >= 11 is 0. The maximum Gasteiger partial charge on any atom is 0.401 e. The third-order valence-electron chi connectivity index (χ3n) is 3.07. The first-order valence-electron chi connectivity index (χ1n) is 6.15. The second-order valence-electron chi connectivity index (χ2n) is 4.66. The molecule has 110 valence electrons. The molecule has 2 rings (SSSR count). The van der Waals surface area contributed by atoms with Gasteiger partial charge in [-0.05, 0) is 12.1 Å². The number of pyridine rings is 1. The number of aromatic nitrogens is 1. The Morgan fingerprint density at radius 1 is 1.30 bits per heavy atom. The molecule has 1 aliphatic rings. The fourth-order valence-corrected chi connectivity index (χ4v) is 2.09. The van der Waals surface area contributed by atoms with E-state index in [0.717, 1.165) is 0 Å². The summed E-state index contributed by atoms with van der Waals surface area (Å²) in [5, 5.41) is 0. The third kappa shape index (κ3) is 3.83. The summed E-state index contributed by atoms with van der Waals surface area (Å²) in [6.07, 6.45) is -2.77. The topological polar surface area (TPSA) is 62.5 Å². The molecule has 8 heteroatoms. The number of rotatable bonds is 2. The molecule has 20 heavy (non-hydrogen) atoms. The molecule has 2 N–H and O–H groups in total. The lowest BCUT2D eigenvalue weighted by molar-refractivity contribution is -0.148. The van der Waals surface area contributed by atoms with Crippen LogP contribution in [0, 0.1) is 0 Å². The number of nitrogen functional groups attached to an aromatic ring is 1. The Bertz CT molecular complexity index is 484. The fourth-order valence-electron chi connectivity index (χ4n) is 2.09. The molecule has 2 heterocycles. The lowest BCUT2D eigenvalue weighted by atomic mass is 10.2. The van der Waals surface area contributed by atoms with E-state index in [-0.39, 0.29) is 37.8 Å². The van der Waals surface area contributed by atoms with Gasteiger partial charge in [-0.1, -0.05) is 0 Å². The summed E-state index contributed by atoms with van der Waals surface area (Å²) in [6, 6.07) is 3.03. The minimum absolute atomic E-state index is 0.202. The number of hydrogen-bond acceptors (Lipinski definition) is 4. The maximum atomic E-state index is 12.3. The minimum Gasteiger partial charge on any atom is -0.399 e. The highest BCUT2D eigenvalue weighted by Gasteiger charge is 2.33. The van der Waals surface area contributed by atoms with E-state index in [1.54, 1.807) is 6.07 Å². The second-order valence-corrected chi connectivity index (χ2v) is 4.66. The molecule has 1 aromatic rings. The molecule has 0 saturated carbocycles. The van der Waals surface area contributed by atoms with Crippen LogP contribution in [0.15, 0.2) is 18.3 Å². The Balaban J connectivity index is 1.92. The number of carbonyl (C=O) groups excluding carboxylic acids is 1. The van der Waals surface area contributed by atoms with Gasteiger partial charge in [-0.15, -0.1) is 0 Å². The summed E-state index contributed by atoms with van der Waals surface area (Å²) < 4.78 is 36.8. The number of amides is 1. The number of piperazine rings is 1. The number of halogens is 3. The molecule has 1 amide bonds. The minimum atomic E-state index is -4.21. The number of hydrogen-bond donors (Lipinski definition) is 1. The van der Waals surface area contributed by atoms with Crippen LogP contribution in [-0.2, 0) is 0 Å². The zero-order valence-electron chi connectivity index (χ0n) is 10.7. The van der Waals surface area contributed by atoms with Crippen LogP contribution in [0.3, 0.4) is 0 Å². The summed E-state index contributed by atoms with van der Waals surface area (Å²) in [7, 11) is 0. The van der Waals surface area contributed by atoms with Crippen LogP contribution in [0.5, 0.6) is 0 Å². The first-order valence-corrected chi connectivity index (χ1v) is 6.15. The maximum absolute atomic E-state index is 12.3. The predicted molar refractivity (Wildman–Crippen MR) is 67.0 cm³/mol. The quantitative estimate of drug-likeness (QED) is 0.881. The molecule has 0 unspecified atom stereocenters. The number of nitrogens with zero attached hydrogens (tertiary/aromatic N) is 3. The Labute approximate surface area is 114 Å². The van der Waals surface area contributed by atoms with Gasteiger partial charge in [0, 0.05) is 38.1 Å². The van der Waals surface area contributed by atoms with E-state index in [1.807, 2.05) is 0 Å². The summed E-state index contributed by atoms with van der Waals surface area (Å²) in [5.74, 6) is -0.302. The van der Waals surface area contributed by atoms with E-state index in [2.05, 4.69) is 4.98 Å². The van der Waals surface area contributed by atoms with Gasteiger partial charge >= 0.3 is 6.18 Å². The van der Waals surface area contributed by atoms with Gasteiger partial charge in [0.2, 0.25) is 0 Å². The Morgan fingerprint density at radius 3 is 2.50 bits per heavy atom. The molecule has 1 aromatic heterocycles. The van der Waals surface area contributed by atoms with Gasteiger partial charge in [-0.2, -0.15) is 13.2 Å². The van der Waals surface area contributed by atoms with E-state index in [9.17, 15) is 18.0 Å². The van der Waals surface area contributed by atoms with Crippen molar-refractivity contribution in [3.8, 4) is 0 Å². The van der Waals surface area contributed by atoms with E-state index in [0.29, 0.717) is 5.69 Å². The van der Waals surface area contributed by atoms with Crippen molar-refractivity contribution in [2.45, 2.75) is 6.18 Å². The second kappa shape index (κ2) is 5.66. The van der Waals surface area contributed by atoms with E-state index in [1.165, 1.54) is 22.1 Å². The fraction of sp³-hybridized carbons (Fsp3) is 0.500. The van der Waals surface area contributed by atoms with Gasteiger partial charge in [-0.25, -0.2) is 0 Å². The van der Waals surface area contributed by atoms with E-state index >= 15 is 0 Å². The zero-order chi connectivity index (χ0) is 14.8. The highest BCUT2D eigenvalue weighted by atomic mass is 19.4. The van der Waals surface area contributed by atoms with E-state index < -0.39 is 12.7 Å². The van der Waals surface area contributed by atoms with E-state index in [4.69, 9.17) is 5.73 Å². The van der Waals surface area contributed by atoms with Gasteiger partial charge < -0.3 is 10.6 Å². The standard InChI is InChI=1S/C12H15F3N4O/c13-12(14,15)8-18-3-5-19(6-4-18)11(20)10-7-9(16)1-2-17-10/h1-2,7H,3-6,8H2,(H2,16,17). The molecule has 1 fully saturated rings. The lowest BCUT2D eigenvalue weighted by Crippen LogP contribution is -2.51. The highest BCUT2D eigenvalue weighted by molar-refractivity contribution is 5.93. The molecular formula is C12H15F3N4O. The number of alkyl halides is 3. The third-order valence-corrected chi connectivity index (χ3v) is 3.07. The Hall–Kier alpha value is -1.83. The largest absolute Gasteiger partial charge is 0.401 e. The SMILES string of the molecule is Nc1ccnc(C(=O)N2CCN(CC(F)(F)F)CC2)c1. The Morgan fingerprint density at radius 2 is 1.95 bits per heavy atom. The molecule has 0 aliphatic carbocycles. The van der Waals surface area contributed by atoms with Crippen LogP contribution in [0.25, 0.3) is 0 Å². The molecule has 0 spiro atoms. The Kier molecular flexibility index (Phi) is 4.12. The van der Waals surface area contributed by atoms with Gasteiger partial charge in [0.1, 0.15) is 5.69 Å². The summed E-state index contributed by atoms with van der Waals surface area (Å²) in [5.41, 5.74) is 6.22. The molecule has 0 aromatic carbocycles. The average Bonchev–Trinajstić information content (AvgIpc) is 2.37. The van der Waals surface area contributed by atoms with Crippen LogP contribution in [-0.4, -0.2) is 59.6 Å². The van der Waals surface area contributed by atoms with Gasteiger partial charge in [0.15, 0.2) is 0 Å². The normalized spacial score (nSPS) is 17.2. The molecule has 5 nitrogen and oxygen atoms in total. The van der Waals surface area contributed by atoms with Gasteiger partial charge in [0.25, 0.3) is 5.91 Å². The van der Waals surface area contributed by atoms with Crippen LogP contribution < -0.4 is 5.73 Å². The van der Waals surface area contributed by atoms with Crippen LogP contribution >= 0.6 is 0 Å². The smallest absolute Gasteiger partial charge is 0.399 e. The average molecular weight is 288 g/mol. The number of nitrogens with two attached hydrogens (primary N) is 1. The van der Waals surface area contributed by atoms with Crippen LogP contribution in [0.1, 0.15) is 10.5 Å². The van der Waals surface area contributed by atoms with Crippen molar-refractivity contribution in [2.24, 2.45) is 0 Å². The van der Waals surface area contributed by atoms with Gasteiger partial charge in [-0.3, -0.25) is 14.7 Å². The molecule has 0 bridgehead atoms. The molecule has 0 atom stereocenters. The zero-order valence-corrected chi connectivity index (χ0v) is 10.7. The molecule has 0 radical (unpaired) electrons. The lowest BCUT2D eigenvalue weighted by Gasteiger charge is -2.34. The van der Waals surface area contributed by atoms with Crippen molar-refractivity contribution in [3.63, 3.8) is 0 Å². The van der Waals surface area contributed by atoms with Crippen molar-refractivity contribution in [2.75, 3.05) is 38.5 Å². The highest BCUT2D eigenvalue weighted by Crippen LogP contribution is 2.18.